The Bertz CT molecular complexity index is 836. The number of carbonyl (C=O) groups is 1. The highest BCUT2D eigenvalue weighted by molar-refractivity contribution is 7.80. The molecule has 0 spiro atoms. The van der Waals surface area contributed by atoms with Gasteiger partial charge in [0.1, 0.15) is 5.76 Å². The summed E-state index contributed by atoms with van der Waals surface area (Å²) >= 11 is 10.5. The van der Waals surface area contributed by atoms with Gasteiger partial charge in [-0.05, 0) is 42.5 Å². The lowest BCUT2D eigenvalue weighted by atomic mass is 10.1. The molecule has 0 fully saturated rings. The standard InChI is InChI=1S/C16H13ClF3N3O2S/c1-2-7-21-15(26)23-22-14(24)13-6-5-12(25-13)9-3-4-11(17)10(8-9)16(18,19)20/h2-6,8H,1,7H2,(H,22,24)(H2,21,23,26). The number of hydrogen-bond acceptors (Lipinski definition) is 3. The van der Waals surface area contributed by atoms with E-state index in [0.29, 0.717) is 6.54 Å². The molecule has 0 saturated heterocycles. The Morgan fingerprint density at radius 1 is 1.27 bits per heavy atom. The number of hydrogen-bond donors (Lipinski definition) is 3. The van der Waals surface area contributed by atoms with Crippen molar-refractivity contribution in [3.8, 4) is 11.3 Å². The highest BCUT2D eigenvalue weighted by atomic mass is 35.5. The van der Waals surface area contributed by atoms with Crippen molar-refractivity contribution in [2.45, 2.75) is 6.18 Å². The summed E-state index contributed by atoms with van der Waals surface area (Å²) in [7, 11) is 0. The second-order valence-electron chi connectivity index (χ2n) is 4.93. The molecular formula is C16H13ClF3N3O2S. The molecule has 3 N–H and O–H groups in total. The first kappa shape index (κ1) is 19.8. The van der Waals surface area contributed by atoms with Crippen LogP contribution in [0.5, 0.6) is 0 Å². The zero-order chi connectivity index (χ0) is 19.3. The van der Waals surface area contributed by atoms with Crippen molar-refractivity contribution in [3.63, 3.8) is 0 Å². The molecule has 0 aliphatic rings. The summed E-state index contributed by atoms with van der Waals surface area (Å²) in [5, 5.41) is 2.48. The molecule has 10 heteroatoms. The first-order chi connectivity index (χ1) is 12.2. The molecule has 0 unspecified atom stereocenters. The first-order valence-electron chi connectivity index (χ1n) is 7.14. The Hall–Kier alpha value is -2.52. The lowest BCUT2D eigenvalue weighted by Gasteiger charge is -2.10. The van der Waals surface area contributed by atoms with Gasteiger partial charge in [0.15, 0.2) is 10.9 Å². The topological polar surface area (TPSA) is 66.3 Å². The molecule has 0 radical (unpaired) electrons. The number of benzene rings is 1. The van der Waals surface area contributed by atoms with E-state index in [1.54, 1.807) is 6.08 Å². The van der Waals surface area contributed by atoms with E-state index in [9.17, 15) is 18.0 Å². The lowest BCUT2D eigenvalue weighted by Crippen LogP contribution is -2.46. The maximum Gasteiger partial charge on any atom is 0.417 e. The van der Waals surface area contributed by atoms with Gasteiger partial charge < -0.3 is 9.73 Å². The Labute approximate surface area is 157 Å². The molecule has 1 heterocycles. The van der Waals surface area contributed by atoms with Crippen LogP contribution >= 0.6 is 23.8 Å². The van der Waals surface area contributed by atoms with E-state index in [-0.39, 0.29) is 22.2 Å². The molecule has 26 heavy (non-hydrogen) atoms. The van der Waals surface area contributed by atoms with Crippen LogP contribution in [-0.4, -0.2) is 17.6 Å². The zero-order valence-electron chi connectivity index (χ0n) is 13.1. The Balaban J connectivity index is 2.11. The number of rotatable bonds is 4. The minimum Gasteiger partial charge on any atom is -0.451 e. The normalized spacial score (nSPS) is 10.9. The van der Waals surface area contributed by atoms with Crippen LogP contribution in [0.1, 0.15) is 16.1 Å². The molecule has 2 aromatic rings. The van der Waals surface area contributed by atoms with Crippen LogP contribution in [0.3, 0.4) is 0 Å². The van der Waals surface area contributed by atoms with Crippen molar-refractivity contribution in [2.75, 3.05) is 6.54 Å². The van der Waals surface area contributed by atoms with Gasteiger partial charge in [-0.2, -0.15) is 13.2 Å². The molecule has 0 atom stereocenters. The molecule has 1 aromatic heterocycles. The summed E-state index contributed by atoms with van der Waals surface area (Å²) < 4.78 is 44.1. The van der Waals surface area contributed by atoms with Gasteiger partial charge >= 0.3 is 12.1 Å². The van der Waals surface area contributed by atoms with E-state index >= 15 is 0 Å². The Morgan fingerprint density at radius 3 is 2.65 bits per heavy atom. The minimum atomic E-state index is -4.60. The molecule has 1 aromatic carbocycles. The third kappa shape index (κ3) is 4.99. The van der Waals surface area contributed by atoms with Crippen molar-refractivity contribution < 1.29 is 22.4 Å². The number of hydrazine groups is 1. The maximum absolute atomic E-state index is 12.9. The monoisotopic (exact) mass is 403 g/mol. The van der Waals surface area contributed by atoms with E-state index in [4.69, 9.17) is 28.2 Å². The number of furan rings is 1. The van der Waals surface area contributed by atoms with Crippen LogP contribution in [0.2, 0.25) is 5.02 Å². The highest BCUT2D eigenvalue weighted by Crippen LogP contribution is 2.37. The number of thiocarbonyl (C=S) groups is 1. The van der Waals surface area contributed by atoms with Crippen LogP contribution in [0, 0.1) is 0 Å². The average molecular weight is 404 g/mol. The van der Waals surface area contributed by atoms with Gasteiger partial charge in [0.25, 0.3) is 0 Å². The summed E-state index contributed by atoms with van der Waals surface area (Å²) in [5.74, 6) is -0.670. The van der Waals surface area contributed by atoms with E-state index in [0.717, 1.165) is 12.1 Å². The molecule has 2 rings (SSSR count). The van der Waals surface area contributed by atoms with Gasteiger partial charge in [0, 0.05) is 12.1 Å². The van der Waals surface area contributed by atoms with Gasteiger partial charge in [-0.25, -0.2) is 0 Å². The second-order valence-corrected chi connectivity index (χ2v) is 5.75. The Kier molecular flexibility index (Phi) is 6.27. The molecule has 1 amide bonds. The number of carbonyl (C=O) groups excluding carboxylic acids is 1. The van der Waals surface area contributed by atoms with Crippen LogP contribution in [-0.2, 0) is 6.18 Å². The van der Waals surface area contributed by atoms with E-state index in [1.165, 1.54) is 18.2 Å². The quantitative estimate of drug-likeness (QED) is 0.410. The van der Waals surface area contributed by atoms with Gasteiger partial charge in [-0.3, -0.25) is 15.6 Å². The number of alkyl halides is 3. The van der Waals surface area contributed by atoms with E-state index in [2.05, 4.69) is 22.7 Å². The summed E-state index contributed by atoms with van der Waals surface area (Å²) in [6, 6.07) is 6.05. The second kappa shape index (κ2) is 8.24. The summed E-state index contributed by atoms with van der Waals surface area (Å²) in [4.78, 5) is 12.0. The van der Waals surface area contributed by atoms with E-state index in [1.807, 2.05) is 0 Å². The molecule has 0 aliphatic heterocycles. The minimum absolute atomic E-state index is 0.0877. The van der Waals surface area contributed by atoms with Crippen LogP contribution in [0.15, 0.2) is 47.4 Å². The number of nitrogens with one attached hydrogen (secondary N) is 3. The fourth-order valence-electron chi connectivity index (χ4n) is 1.90. The van der Waals surface area contributed by atoms with Crippen molar-refractivity contribution in [3.05, 3.63) is 59.3 Å². The largest absolute Gasteiger partial charge is 0.451 e. The Morgan fingerprint density at radius 2 is 2.00 bits per heavy atom. The van der Waals surface area contributed by atoms with Crippen molar-refractivity contribution in [1.29, 1.82) is 0 Å². The molecular weight excluding hydrogens is 391 g/mol. The average Bonchev–Trinajstić information content (AvgIpc) is 3.07. The van der Waals surface area contributed by atoms with Crippen LogP contribution < -0.4 is 16.2 Å². The van der Waals surface area contributed by atoms with Gasteiger partial charge in [-0.1, -0.05) is 17.7 Å². The maximum atomic E-state index is 12.9. The molecule has 0 saturated carbocycles. The third-order valence-electron chi connectivity index (χ3n) is 3.08. The fourth-order valence-corrected chi connectivity index (χ4v) is 2.25. The smallest absolute Gasteiger partial charge is 0.417 e. The van der Waals surface area contributed by atoms with Gasteiger partial charge in [0.2, 0.25) is 0 Å². The molecule has 0 aliphatic carbocycles. The molecule has 138 valence electrons. The molecule has 5 nitrogen and oxygen atoms in total. The number of halogens is 4. The van der Waals surface area contributed by atoms with Crippen LogP contribution in [0.4, 0.5) is 13.2 Å². The van der Waals surface area contributed by atoms with Crippen molar-refractivity contribution in [2.24, 2.45) is 0 Å². The summed E-state index contributed by atoms with van der Waals surface area (Å²) in [6.45, 7) is 3.91. The number of amides is 1. The third-order valence-corrected chi connectivity index (χ3v) is 3.66. The SMILES string of the molecule is C=CCNC(=S)NNC(=O)c1ccc(-c2ccc(Cl)c(C(F)(F)F)c2)o1. The van der Waals surface area contributed by atoms with Crippen molar-refractivity contribution in [1.82, 2.24) is 16.2 Å². The first-order valence-corrected chi connectivity index (χ1v) is 7.93. The van der Waals surface area contributed by atoms with Crippen molar-refractivity contribution >= 4 is 34.8 Å². The predicted octanol–water partition coefficient (Wildman–Crippen LogP) is 3.91. The molecule has 0 bridgehead atoms. The summed E-state index contributed by atoms with van der Waals surface area (Å²) in [5.41, 5.74) is 3.89. The van der Waals surface area contributed by atoms with Crippen LogP contribution in [0.25, 0.3) is 11.3 Å². The fraction of sp³-hybridized carbons (Fsp3) is 0.125. The zero-order valence-corrected chi connectivity index (χ0v) is 14.7. The highest BCUT2D eigenvalue weighted by Gasteiger charge is 2.33. The summed E-state index contributed by atoms with van der Waals surface area (Å²) in [6.07, 6.45) is -3.02. The lowest BCUT2D eigenvalue weighted by molar-refractivity contribution is -0.137. The van der Waals surface area contributed by atoms with Gasteiger partial charge in [-0.15, -0.1) is 6.58 Å². The van der Waals surface area contributed by atoms with E-state index < -0.39 is 22.7 Å². The predicted molar refractivity (Wildman–Crippen MR) is 95.6 cm³/mol. The van der Waals surface area contributed by atoms with Gasteiger partial charge in [0.05, 0.1) is 10.6 Å².